The van der Waals surface area contributed by atoms with Gasteiger partial charge in [-0.25, -0.2) is 0 Å². The lowest BCUT2D eigenvalue weighted by atomic mass is 10.1. The molecule has 6 nitrogen and oxygen atoms in total. The molecule has 0 spiro atoms. The second-order valence-electron chi connectivity index (χ2n) is 5.00. The van der Waals surface area contributed by atoms with Crippen LogP contribution in [0, 0.1) is 0 Å². The minimum Gasteiger partial charge on any atom is -0.481 e. The minimum absolute atomic E-state index is 0.211. The van der Waals surface area contributed by atoms with Crippen LogP contribution in [0.3, 0.4) is 0 Å². The average molecular weight is 261 g/mol. The number of aromatic amines is 1. The number of nitrogens with zero attached hydrogens (tertiary/aromatic N) is 2. The number of ether oxygens (including phenoxy) is 1. The molecule has 1 saturated heterocycles. The van der Waals surface area contributed by atoms with Gasteiger partial charge >= 0.3 is 0 Å². The predicted molar refractivity (Wildman–Crippen MR) is 76.5 cm³/mol. The van der Waals surface area contributed by atoms with Gasteiger partial charge in [0.2, 0.25) is 5.88 Å². The summed E-state index contributed by atoms with van der Waals surface area (Å²) in [5, 5.41) is 0.954. The summed E-state index contributed by atoms with van der Waals surface area (Å²) in [6.07, 6.45) is 3.94. The number of H-pyrrole nitrogens is 1. The van der Waals surface area contributed by atoms with Gasteiger partial charge in [0.15, 0.2) is 0 Å². The van der Waals surface area contributed by atoms with E-state index in [0.29, 0.717) is 11.6 Å². The van der Waals surface area contributed by atoms with Gasteiger partial charge in [-0.15, -0.1) is 0 Å². The number of piperidine rings is 1. The van der Waals surface area contributed by atoms with Gasteiger partial charge in [0.05, 0.1) is 23.9 Å². The van der Waals surface area contributed by atoms with Crippen molar-refractivity contribution in [2.75, 3.05) is 30.8 Å². The Hall–Kier alpha value is -1.95. The lowest BCUT2D eigenvalue weighted by molar-refractivity contribution is 0.399. The molecule has 0 saturated carbocycles. The van der Waals surface area contributed by atoms with Crippen molar-refractivity contribution < 1.29 is 4.74 Å². The monoisotopic (exact) mass is 261 g/mol. The third-order valence-corrected chi connectivity index (χ3v) is 3.64. The number of rotatable bonds is 2. The normalized spacial score (nSPS) is 19.9. The molecule has 1 fully saturated rings. The first-order valence-corrected chi connectivity index (χ1v) is 6.51. The van der Waals surface area contributed by atoms with Crippen molar-refractivity contribution >= 4 is 22.4 Å². The zero-order valence-electron chi connectivity index (χ0n) is 11.0. The van der Waals surface area contributed by atoms with Crippen LogP contribution in [-0.4, -0.2) is 36.2 Å². The third kappa shape index (κ3) is 2.08. The molecule has 0 amide bonds. The molecule has 5 N–H and O–H groups in total. The van der Waals surface area contributed by atoms with E-state index >= 15 is 0 Å². The molecule has 1 atom stereocenters. The Kier molecular flexibility index (Phi) is 2.94. The van der Waals surface area contributed by atoms with E-state index in [-0.39, 0.29) is 6.04 Å². The van der Waals surface area contributed by atoms with E-state index in [0.717, 1.165) is 42.7 Å². The number of hydrogen-bond acceptors (Lipinski definition) is 5. The van der Waals surface area contributed by atoms with Crippen molar-refractivity contribution in [3.8, 4) is 5.88 Å². The van der Waals surface area contributed by atoms with Gasteiger partial charge in [-0.1, -0.05) is 0 Å². The van der Waals surface area contributed by atoms with Gasteiger partial charge in [0.25, 0.3) is 0 Å². The molecule has 0 aliphatic carbocycles. The average Bonchev–Trinajstić information content (AvgIpc) is 2.79. The van der Waals surface area contributed by atoms with Crippen LogP contribution in [0.25, 0.3) is 11.0 Å². The fourth-order valence-corrected chi connectivity index (χ4v) is 2.70. The van der Waals surface area contributed by atoms with Crippen LogP contribution in [0.1, 0.15) is 12.8 Å². The molecule has 0 unspecified atom stereocenters. The summed E-state index contributed by atoms with van der Waals surface area (Å²) in [7, 11) is 1.62. The molecule has 102 valence electrons. The number of nitrogens with two attached hydrogens (primary N) is 2. The summed E-state index contributed by atoms with van der Waals surface area (Å²) in [4.78, 5) is 9.72. The van der Waals surface area contributed by atoms with E-state index in [1.54, 1.807) is 13.3 Å². The van der Waals surface area contributed by atoms with Gasteiger partial charge in [-0.05, 0) is 12.8 Å². The number of nitrogens with one attached hydrogen (secondary N) is 1. The van der Waals surface area contributed by atoms with Gasteiger partial charge in [-0.2, -0.15) is 4.98 Å². The van der Waals surface area contributed by atoms with Gasteiger partial charge in [0.1, 0.15) is 5.65 Å². The fourth-order valence-electron chi connectivity index (χ4n) is 2.70. The van der Waals surface area contributed by atoms with Gasteiger partial charge < -0.3 is 26.1 Å². The first kappa shape index (κ1) is 12.1. The molecule has 2 aromatic rings. The quantitative estimate of drug-likeness (QED) is 0.752. The van der Waals surface area contributed by atoms with Crippen molar-refractivity contribution in [1.82, 2.24) is 9.97 Å². The third-order valence-electron chi connectivity index (χ3n) is 3.64. The van der Waals surface area contributed by atoms with Crippen molar-refractivity contribution in [2.24, 2.45) is 5.73 Å². The molecule has 6 heteroatoms. The number of anilines is 2. The highest BCUT2D eigenvalue weighted by molar-refractivity contribution is 6.00. The number of hydrogen-bond donors (Lipinski definition) is 3. The Bertz CT molecular complexity index is 594. The molecule has 2 aromatic heterocycles. The molecular weight excluding hydrogens is 242 g/mol. The van der Waals surface area contributed by atoms with E-state index < -0.39 is 0 Å². The van der Waals surface area contributed by atoms with Crippen LogP contribution in [0.4, 0.5) is 11.4 Å². The van der Waals surface area contributed by atoms with Gasteiger partial charge in [0, 0.05) is 31.4 Å². The first-order valence-electron chi connectivity index (χ1n) is 6.51. The Labute approximate surface area is 111 Å². The fraction of sp³-hybridized carbons (Fsp3) is 0.462. The second kappa shape index (κ2) is 4.62. The Morgan fingerprint density at radius 1 is 1.53 bits per heavy atom. The van der Waals surface area contributed by atoms with Crippen molar-refractivity contribution in [1.29, 1.82) is 0 Å². The summed E-state index contributed by atoms with van der Waals surface area (Å²) in [5.74, 6) is 0.587. The van der Waals surface area contributed by atoms with E-state index in [2.05, 4.69) is 14.9 Å². The SMILES string of the molecule is COc1cc(N2CCC[C@@H](N)C2)c2c(N)c[nH]c2n1. The lowest BCUT2D eigenvalue weighted by Gasteiger charge is -2.33. The molecule has 0 bridgehead atoms. The summed E-state index contributed by atoms with van der Waals surface area (Å²) in [6, 6.07) is 2.15. The maximum Gasteiger partial charge on any atom is 0.217 e. The number of methoxy groups -OCH3 is 1. The number of aromatic nitrogens is 2. The molecule has 0 radical (unpaired) electrons. The van der Waals surface area contributed by atoms with E-state index in [1.807, 2.05) is 6.07 Å². The summed E-state index contributed by atoms with van der Waals surface area (Å²) < 4.78 is 5.26. The zero-order chi connectivity index (χ0) is 13.4. The summed E-state index contributed by atoms with van der Waals surface area (Å²) in [5.41, 5.74) is 14.6. The molecule has 1 aliphatic rings. The van der Waals surface area contributed by atoms with Crippen LogP contribution >= 0.6 is 0 Å². The van der Waals surface area contributed by atoms with E-state index in [9.17, 15) is 0 Å². The maximum atomic E-state index is 6.06. The van der Waals surface area contributed by atoms with Crippen LogP contribution in [0.5, 0.6) is 5.88 Å². The van der Waals surface area contributed by atoms with Gasteiger partial charge in [-0.3, -0.25) is 0 Å². The van der Waals surface area contributed by atoms with Crippen molar-refractivity contribution in [3.05, 3.63) is 12.3 Å². The number of pyridine rings is 1. The number of fused-ring (bicyclic) bond motifs is 1. The molecule has 0 aromatic carbocycles. The number of nitrogen functional groups attached to an aromatic ring is 1. The highest BCUT2D eigenvalue weighted by atomic mass is 16.5. The Balaban J connectivity index is 2.11. The van der Waals surface area contributed by atoms with E-state index in [1.165, 1.54) is 0 Å². The molecular formula is C13H19N5O. The van der Waals surface area contributed by atoms with Crippen LogP contribution < -0.4 is 21.1 Å². The van der Waals surface area contributed by atoms with Crippen LogP contribution in [0.15, 0.2) is 12.3 Å². The molecule has 19 heavy (non-hydrogen) atoms. The molecule has 3 rings (SSSR count). The molecule has 3 heterocycles. The standard InChI is InChI=1S/C13H19N5O/c1-19-11-5-10(18-4-2-3-8(14)7-18)12-9(15)6-16-13(12)17-11/h5-6,8H,2-4,7,14-15H2,1H3,(H,16,17)/t8-/m1/s1. The summed E-state index contributed by atoms with van der Waals surface area (Å²) >= 11 is 0. The van der Waals surface area contributed by atoms with Crippen molar-refractivity contribution in [2.45, 2.75) is 18.9 Å². The Morgan fingerprint density at radius 2 is 2.37 bits per heavy atom. The summed E-state index contributed by atoms with van der Waals surface area (Å²) in [6.45, 7) is 1.83. The second-order valence-corrected chi connectivity index (χ2v) is 5.00. The topological polar surface area (TPSA) is 93.2 Å². The largest absolute Gasteiger partial charge is 0.481 e. The highest BCUT2D eigenvalue weighted by Gasteiger charge is 2.21. The predicted octanol–water partition coefficient (Wildman–Crippen LogP) is 1.08. The van der Waals surface area contributed by atoms with Crippen LogP contribution in [-0.2, 0) is 0 Å². The van der Waals surface area contributed by atoms with Crippen molar-refractivity contribution in [3.63, 3.8) is 0 Å². The maximum absolute atomic E-state index is 6.06. The highest BCUT2D eigenvalue weighted by Crippen LogP contribution is 2.34. The smallest absolute Gasteiger partial charge is 0.217 e. The lowest BCUT2D eigenvalue weighted by Crippen LogP contribution is -2.42. The molecule has 1 aliphatic heterocycles. The van der Waals surface area contributed by atoms with E-state index in [4.69, 9.17) is 16.2 Å². The minimum atomic E-state index is 0.211. The zero-order valence-corrected chi connectivity index (χ0v) is 11.0. The van der Waals surface area contributed by atoms with Crippen LogP contribution in [0.2, 0.25) is 0 Å². The first-order chi connectivity index (χ1) is 9.19. The Morgan fingerprint density at radius 3 is 3.11 bits per heavy atom.